The molecule has 1 aromatic heterocycles. The van der Waals surface area contributed by atoms with Crippen molar-refractivity contribution in [3.8, 4) is 16.2 Å². The highest BCUT2D eigenvalue weighted by molar-refractivity contribution is 7.92. The van der Waals surface area contributed by atoms with Crippen LogP contribution in [0.4, 0.5) is 15.2 Å². The minimum absolute atomic E-state index is 0.0455. The van der Waals surface area contributed by atoms with E-state index in [0.717, 1.165) is 34.6 Å². The van der Waals surface area contributed by atoms with Gasteiger partial charge in [0.1, 0.15) is 22.1 Å². The topological polar surface area (TPSA) is 89.5 Å². The molecule has 1 aliphatic heterocycles. The predicted octanol–water partition coefficient (Wildman–Crippen LogP) is 5.31. The van der Waals surface area contributed by atoms with Crippen molar-refractivity contribution in [1.29, 1.82) is 0 Å². The van der Waals surface area contributed by atoms with E-state index >= 15 is 0 Å². The van der Waals surface area contributed by atoms with Crippen molar-refractivity contribution in [2.24, 2.45) is 0 Å². The van der Waals surface area contributed by atoms with Gasteiger partial charge in [0.15, 0.2) is 5.13 Å². The number of thiazole rings is 1. The van der Waals surface area contributed by atoms with Gasteiger partial charge in [0.05, 0.1) is 22.7 Å². The molecule has 2 heterocycles. The van der Waals surface area contributed by atoms with Crippen molar-refractivity contribution in [3.05, 3.63) is 52.9 Å². The Morgan fingerprint density at radius 2 is 2.00 bits per heavy atom. The summed E-state index contributed by atoms with van der Waals surface area (Å²) in [4.78, 5) is 5.31. The molecule has 0 saturated carbocycles. The predicted molar refractivity (Wildman–Crippen MR) is 129 cm³/mol. The molecule has 0 unspecified atom stereocenters. The Balaban J connectivity index is 1.67. The van der Waals surface area contributed by atoms with E-state index in [2.05, 4.69) is 15.0 Å². The summed E-state index contributed by atoms with van der Waals surface area (Å²) < 4.78 is 53.5. The quantitative estimate of drug-likeness (QED) is 0.446. The third kappa shape index (κ3) is 5.24. The van der Waals surface area contributed by atoms with Gasteiger partial charge in [0.2, 0.25) is 0 Å². The molecule has 7 nitrogen and oxygen atoms in total. The van der Waals surface area contributed by atoms with Crippen LogP contribution in [-0.2, 0) is 14.8 Å². The van der Waals surface area contributed by atoms with Crippen molar-refractivity contribution in [1.82, 2.24) is 4.98 Å². The lowest BCUT2D eigenvalue weighted by molar-refractivity contribution is 0.0904. The molecular weight excluding hydrogens is 489 g/mol. The summed E-state index contributed by atoms with van der Waals surface area (Å²) in [7, 11) is -2.83. The van der Waals surface area contributed by atoms with Crippen molar-refractivity contribution >= 4 is 43.8 Å². The number of aryl methyl sites for hydroxylation is 1. The highest BCUT2D eigenvalue weighted by atomic mass is 35.5. The normalized spacial score (nSPS) is 14.8. The number of aromatic nitrogens is 1. The van der Waals surface area contributed by atoms with Crippen molar-refractivity contribution in [3.63, 3.8) is 0 Å². The maximum Gasteiger partial charge on any atom is 0.265 e. The Morgan fingerprint density at radius 1 is 1.24 bits per heavy atom. The summed E-state index contributed by atoms with van der Waals surface area (Å²) in [6.07, 6.45) is 1.81. The Kier molecular flexibility index (Phi) is 7.08. The van der Waals surface area contributed by atoms with Crippen LogP contribution in [0.25, 0.3) is 10.4 Å². The lowest BCUT2D eigenvalue weighted by atomic mass is 10.1. The summed E-state index contributed by atoms with van der Waals surface area (Å²) in [5, 5.41) is 4.16. The number of anilines is 2. The van der Waals surface area contributed by atoms with Crippen LogP contribution in [-0.4, -0.2) is 39.8 Å². The third-order valence-electron chi connectivity index (χ3n) is 5.26. The average molecular weight is 512 g/mol. The Labute approximate surface area is 201 Å². The summed E-state index contributed by atoms with van der Waals surface area (Å²) in [5.41, 5.74) is 1.11. The largest absolute Gasteiger partial charge is 0.495 e. The molecule has 1 fully saturated rings. The summed E-state index contributed by atoms with van der Waals surface area (Å²) >= 11 is 7.46. The number of para-hydroxylation sites is 1. The molecule has 0 aliphatic carbocycles. The first kappa shape index (κ1) is 23.7. The maximum atomic E-state index is 14.2. The number of nitrogens with one attached hydrogen (secondary N) is 2. The van der Waals surface area contributed by atoms with E-state index in [0.29, 0.717) is 24.8 Å². The number of hydrogen-bond donors (Lipinski definition) is 2. The zero-order chi connectivity index (χ0) is 23.6. The molecule has 11 heteroatoms. The van der Waals surface area contributed by atoms with E-state index in [1.165, 1.54) is 36.6 Å². The average Bonchev–Trinajstić information content (AvgIpc) is 3.16. The molecule has 0 amide bonds. The molecule has 0 radical (unpaired) electrons. The summed E-state index contributed by atoms with van der Waals surface area (Å²) in [6.45, 7) is 3.30. The van der Waals surface area contributed by atoms with Crippen LogP contribution in [0, 0.1) is 12.7 Å². The van der Waals surface area contributed by atoms with Crippen molar-refractivity contribution in [2.45, 2.75) is 30.7 Å². The van der Waals surface area contributed by atoms with Gasteiger partial charge in [-0.3, -0.25) is 4.72 Å². The maximum absolute atomic E-state index is 14.2. The molecule has 1 aliphatic rings. The fraction of sp³-hybridized carbons (Fsp3) is 0.318. The number of benzene rings is 2. The van der Waals surface area contributed by atoms with Gasteiger partial charge in [-0.05, 0) is 55.7 Å². The van der Waals surface area contributed by atoms with Gasteiger partial charge in [0.25, 0.3) is 10.0 Å². The molecule has 3 aromatic rings. The molecule has 4 rings (SSSR count). The van der Waals surface area contributed by atoms with Gasteiger partial charge in [-0.1, -0.05) is 29.0 Å². The van der Waals surface area contributed by atoms with Gasteiger partial charge in [0, 0.05) is 19.3 Å². The van der Waals surface area contributed by atoms with Crippen LogP contribution < -0.4 is 14.8 Å². The number of methoxy groups -OCH3 is 1. The van der Waals surface area contributed by atoms with E-state index in [9.17, 15) is 12.8 Å². The first-order valence-electron chi connectivity index (χ1n) is 10.3. The van der Waals surface area contributed by atoms with Crippen LogP contribution >= 0.6 is 22.9 Å². The van der Waals surface area contributed by atoms with Gasteiger partial charge in [-0.2, -0.15) is 0 Å². The third-order valence-corrected chi connectivity index (χ3v) is 8.08. The minimum atomic E-state index is -4.21. The highest BCUT2D eigenvalue weighted by Crippen LogP contribution is 2.38. The first-order chi connectivity index (χ1) is 15.8. The van der Waals surface area contributed by atoms with E-state index < -0.39 is 15.8 Å². The Hall–Kier alpha value is -2.40. The van der Waals surface area contributed by atoms with E-state index in [1.807, 2.05) is 6.92 Å². The lowest BCUT2D eigenvalue weighted by Crippen LogP contribution is -2.27. The van der Waals surface area contributed by atoms with Gasteiger partial charge in [-0.15, -0.1) is 0 Å². The first-order valence-corrected chi connectivity index (χ1v) is 12.9. The number of ether oxygens (including phenoxy) is 2. The van der Waals surface area contributed by atoms with Crippen LogP contribution in [0.3, 0.4) is 0 Å². The van der Waals surface area contributed by atoms with Gasteiger partial charge >= 0.3 is 0 Å². The van der Waals surface area contributed by atoms with Crippen LogP contribution in [0.5, 0.6) is 5.75 Å². The Morgan fingerprint density at radius 3 is 2.70 bits per heavy atom. The van der Waals surface area contributed by atoms with Gasteiger partial charge < -0.3 is 14.8 Å². The SMILES string of the molecule is COc1ccc(-c2sc(NC3CCOCC3)nc2C)cc1S(=O)(=O)Nc1c(F)cccc1Cl. The molecular formula is C22H23ClFN3O4S2. The minimum Gasteiger partial charge on any atom is -0.495 e. The molecule has 33 heavy (non-hydrogen) atoms. The number of nitrogens with zero attached hydrogens (tertiary/aromatic N) is 1. The second-order valence-corrected chi connectivity index (χ2v) is 10.6. The fourth-order valence-electron chi connectivity index (χ4n) is 3.56. The second kappa shape index (κ2) is 9.84. The summed E-state index contributed by atoms with van der Waals surface area (Å²) in [6, 6.07) is 9.06. The van der Waals surface area contributed by atoms with E-state index in [-0.39, 0.29) is 21.4 Å². The molecule has 0 atom stereocenters. The zero-order valence-electron chi connectivity index (χ0n) is 18.0. The van der Waals surface area contributed by atoms with Crippen LogP contribution in [0.2, 0.25) is 5.02 Å². The van der Waals surface area contributed by atoms with Crippen LogP contribution in [0.15, 0.2) is 41.3 Å². The Bertz CT molecular complexity index is 1240. The van der Waals surface area contributed by atoms with Crippen molar-refractivity contribution in [2.75, 3.05) is 30.4 Å². The van der Waals surface area contributed by atoms with Crippen molar-refractivity contribution < 1.29 is 22.3 Å². The van der Waals surface area contributed by atoms with E-state index in [1.54, 1.807) is 12.1 Å². The van der Waals surface area contributed by atoms with Gasteiger partial charge in [-0.25, -0.2) is 17.8 Å². The lowest BCUT2D eigenvalue weighted by Gasteiger charge is -2.22. The summed E-state index contributed by atoms with van der Waals surface area (Å²) in [5.74, 6) is -0.648. The number of hydrogen-bond acceptors (Lipinski definition) is 7. The number of sulfonamides is 1. The smallest absolute Gasteiger partial charge is 0.265 e. The highest BCUT2D eigenvalue weighted by Gasteiger charge is 2.24. The molecule has 0 spiro atoms. The molecule has 176 valence electrons. The zero-order valence-corrected chi connectivity index (χ0v) is 20.4. The monoisotopic (exact) mass is 511 g/mol. The second-order valence-electron chi connectivity index (χ2n) is 7.53. The molecule has 2 N–H and O–H groups in total. The number of rotatable bonds is 7. The number of halogens is 2. The standard InChI is InChI=1S/C22H23ClFN3O4S2/c1-13-21(32-22(25-13)26-15-8-10-31-11-9-15)14-6-7-18(30-2)19(12-14)33(28,29)27-20-16(23)4-3-5-17(20)24/h3-7,12,15,27H,8-11H2,1-2H3,(H,25,26). The molecule has 1 saturated heterocycles. The molecule has 2 aromatic carbocycles. The van der Waals surface area contributed by atoms with Crippen LogP contribution in [0.1, 0.15) is 18.5 Å². The molecule has 0 bridgehead atoms. The fourth-order valence-corrected chi connectivity index (χ4v) is 6.15. The van der Waals surface area contributed by atoms with E-state index in [4.69, 9.17) is 21.1 Å².